The topological polar surface area (TPSA) is 50.4 Å². The summed E-state index contributed by atoms with van der Waals surface area (Å²) in [6.07, 6.45) is 0. The molecule has 1 aromatic carbocycles. The van der Waals surface area contributed by atoms with Gasteiger partial charge in [-0.15, -0.1) is 0 Å². The Bertz CT molecular complexity index is 476. The fourth-order valence-electron chi connectivity index (χ4n) is 1.97. The number of carbonyl (C=O) groups excluding carboxylic acids is 1. The molecule has 1 rings (SSSR count). The Morgan fingerprint density at radius 2 is 1.95 bits per heavy atom. The molecule has 2 N–H and O–H groups in total. The Labute approximate surface area is 128 Å². The van der Waals surface area contributed by atoms with E-state index in [1.807, 2.05) is 45.9 Å². The lowest BCUT2D eigenvalue weighted by Gasteiger charge is -2.21. The fraction of sp³-hybridized carbons (Fsp3) is 0.588. The molecule has 4 heteroatoms. The summed E-state index contributed by atoms with van der Waals surface area (Å²) in [7, 11) is 0. The van der Waals surface area contributed by atoms with Crippen LogP contribution in [-0.4, -0.2) is 24.1 Å². The molecule has 0 aliphatic rings. The normalized spacial score (nSPS) is 11.6. The van der Waals surface area contributed by atoms with Crippen LogP contribution in [0.3, 0.4) is 0 Å². The smallest absolute Gasteiger partial charge is 0.258 e. The molecule has 0 radical (unpaired) electrons. The van der Waals surface area contributed by atoms with E-state index in [4.69, 9.17) is 4.74 Å². The standard InChI is InChI=1S/C17H28N2O2/c1-12(2)18-10-14-9-7-8-13(3)16(14)21-11-15(20)19-17(4,5)6/h7-9,12,18H,10-11H2,1-6H3,(H,19,20). The van der Waals surface area contributed by atoms with Gasteiger partial charge in [-0.3, -0.25) is 4.79 Å². The molecule has 0 aromatic heterocycles. The molecule has 0 aliphatic heterocycles. The number of carbonyl (C=O) groups is 1. The first-order chi connectivity index (χ1) is 9.69. The van der Waals surface area contributed by atoms with E-state index >= 15 is 0 Å². The number of para-hydroxylation sites is 1. The van der Waals surface area contributed by atoms with Crippen molar-refractivity contribution in [3.63, 3.8) is 0 Å². The van der Waals surface area contributed by atoms with Gasteiger partial charge in [-0.1, -0.05) is 32.0 Å². The predicted octanol–water partition coefficient (Wildman–Crippen LogP) is 2.79. The molecule has 1 amide bonds. The molecule has 0 unspecified atom stereocenters. The van der Waals surface area contributed by atoms with Crippen molar-refractivity contribution >= 4 is 5.91 Å². The van der Waals surface area contributed by atoms with Gasteiger partial charge in [0.1, 0.15) is 5.75 Å². The van der Waals surface area contributed by atoms with E-state index < -0.39 is 0 Å². The summed E-state index contributed by atoms with van der Waals surface area (Å²) < 4.78 is 5.76. The Morgan fingerprint density at radius 3 is 2.52 bits per heavy atom. The third-order valence-electron chi connectivity index (χ3n) is 2.86. The molecule has 1 aromatic rings. The van der Waals surface area contributed by atoms with Gasteiger partial charge in [-0.25, -0.2) is 0 Å². The average molecular weight is 292 g/mol. The fourth-order valence-corrected chi connectivity index (χ4v) is 1.97. The van der Waals surface area contributed by atoms with Crippen molar-refractivity contribution in [2.75, 3.05) is 6.61 Å². The summed E-state index contributed by atoms with van der Waals surface area (Å²) >= 11 is 0. The van der Waals surface area contributed by atoms with Crippen LogP contribution in [-0.2, 0) is 11.3 Å². The minimum Gasteiger partial charge on any atom is -0.483 e. The first-order valence-corrected chi connectivity index (χ1v) is 7.44. The lowest BCUT2D eigenvalue weighted by atomic mass is 10.1. The highest BCUT2D eigenvalue weighted by Gasteiger charge is 2.15. The zero-order valence-corrected chi connectivity index (χ0v) is 14.0. The summed E-state index contributed by atoms with van der Waals surface area (Å²) in [5, 5.41) is 6.27. The van der Waals surface area contributed by atoms with E-state index in [1.165, 1.54) is 0 Å². The third kappa shape index (κ3) is 6.63. The van der Waals surface area contributed by atoms with E-state index in [0.29, 0.717) is 6.04 Å². The van der Waals surface area contributed by atoms with E-state index in [9.17, 15) is 4.79 Å². The largest absolute Gasteiger partial charge is 0.483 e. The van der Waals surface area contributed by atoms with Crippen LogP contribution in [0.25, 0.3) is 0 Å². The Hall–Kier alpha value is -1.55. The quantitative estimate of drug-likeness (QED) is 0.847. The van der Waals surface area contributed by atoms with Crippen molar-refractivity contribution < 1.29 is 9.53 Å². The Kier molecular flexibility index (Phi) is 6.21. The second-order valence-electron chi connectivity index (χ2n) is 6.69. The highest BCUT2D eigenvalue weighted by Crippen LogP contribution is 2.23. The second-order valence-corrected chi connectivity index (χ2v) is 6.69. The van der Waals surface area contributed by atoms with Crippen LogP contribution in [0.2, 0.25) is 0 Å². The second kappa shape index (κ2) is 7.46. The van der Waals surface area contributed by atoms with Crippen molar-refractivity contribution in [2.24, 2.45) is 0 Å². The summed E-state index contributed by atoms with van der Waals surface area (Å²) in [5.74, 6) is 0.697. The molecule has 0 saturated heterocycles. The minimum absolute atomic E-state index is 0.0385. The van der Waals surface area contributed by atoms with Crippen LogP contribution in [0, 0.1) is 6.92 Å². The van der Waals surface area contributed by atoms with Gasteiger partial charge in [0, 0.05) is 23.7 Å². The maximum atomic E-state index is 11.9. The van der Waals surface area contributed by atoms with Crippen molar-refractivity contribution in [3.8, 4) is 5.75 Å². The summed E-state index contributed by atoms with van der Waals surface area (Å²) in [6, 6.07) is 6.44. The molecule has 21 heavy (non-hydrogen) atoms. The van der Waals surface area contributed by atoms with E-state index in [1.54, 1.807) is 0 Å². The number of hydrogen-bond acceptors (Lipinski definition) is 3. The number of rotatable bonds is 6. The van der Waals surface area contributed by atoms with E-state index in [2.05, 4.69) is 24.5 Å². The lowest BCUT2D eigenvalue weighted by Crippen LogP contribution is -2.43. The molecule has 0 fully saturated rings. The van der Waals surface area contributed by atoms with Crippen LogP contribution >= 0.6 is 0 Å². The van der Waals surface area contributed by atoms with Crippen molar-refractivity contribution in [3.05, 3.63) is 29.3 Å². The van der Waals surface area contributed by atoms with Crippen LogP contribution in [0.4, 0.5) is 0 Å². The molecular formula is C17H28N2O2. The summed E-state index contributed by atoms with van der Waals surface area (Å²) in [6.45, 7) is 12.8. The van der Waals surface area contributed by atoms with E-state index in [-0.39, 0.29) is 18.1 Å². The summed E-state index contributed by atoms with van der Waals surface area (Å²) in [4.78, 5) is 11.9. The van der Waals surface area contributed by atoms with Crippen LogP contribution in [0.15, 0.2) is 18.2 Å². The average Bonchev–Trinajstić information content (AvgIpc) is 2.32. The minimum atomic E-state index is -0.242. The van der Waals surface area contributed by atoms with Gasteiger partial charge in [0.15, 0.2) is 6.61 Å². The Balaban J connectivity index is 2.71. The highest BCUT2D eigenvalue weighted by atomic mass is 16.5. The van der Waals surface area contributed by atoms with Crippen molar-refractivity contribution in [1.29, 1.82) is 0 Å². The van der Waals surface area contributed by atoms with Crippen LogP contribution in [0.1, 0.15) is 45.7 Å². The van der Waals surface area contributed by atoms with Crippen LogP contribution < -0.4 is 15.4 Å². The molecule has 4 nitrogen and oxygen atoms in total. The predicted molar refractivity (Wildman–Crippen MR) is 86.5 cm³/mol. The maximum Gasteiger partial charge on any atom is 0.258 e. The van der Waals surface area contributed by atoms with Gasteiger partial charge in [-0.05, 0) is 33.3 Å². The van der Waals surface area contributed by atoms with E-state index in [0.717, 1.165) is 23.4 Å². The number of nitrogens with one attached hydrogen (secondary N) is 2. The van der Waals surface area contributed by atoms with Gasteiger partial charge in [0.2, 0.25) is 0 Å². The van der Waals surface area contributed by atoms with Gasteiger partial charge >= 0.3 is 0 Å². The number of ether oxygens (including phenoxy) is 1. The molecule has 0 saturated carbocycles. The molecule has 0 heterocycles. The van der Waals surface area contributed by atoms with Crippen molar-refractivity contribution in [2.45, 2.75) is 59.7 Å². The van der Waals surface area contributed by atoms with Gasteiger partial charge in [0.05, 0.1) is 0 Å². The Morgan fingerprint density at radius 1 is 1.29 bits per heavy atom. The van der Waals surface area contributed by atoms with Crippen LogP contribution in [0.5, 0.6) is 5.75 Å². The SMILES string of the molecule is Cc1cccc(CNC(C)C)c1OCC(=O)NC(C)(C)C. The maximum absolute atomic E-state index is 11.9. The first kappa shape index (κ1) is 17.5. The lowest BCUT2D eigenvalue weighted by molar-refractivity contribution is -0.124. The monoisotopic (exact) mass is 292 g/mol. The van der Waals surface area contributed by atoms with Gasteiger partial charge in [-0.2, -0.15) is 0 Å². The van der Waals surface area contributed by atoms with Gasteiger partial charge in [0.25, 0.3) is 5.91 Å². The number of aryl methyl sites for hydroxylation is 1. The molecule has 0 atom stereocenters. The zero-order chi connectivity index (χ0) is 16.0. The summed E-state index contributed by atoms with van der Waals surface area (Å²) in [5.41, 5.74) is 1.88. The molecule has 0 bridgehead atoms. The highest BCUT2D eigenvalue weighted by molar-refractivity contribution is 5.78. The third-order valence-corrected chi connectivity index (χ3v) is 2.86. The van der Waals surface area contributed by atoms with Crippen molar-refractivity contribution in [1.82, 2.24) is 10.6 Å². The number of amides is 1. The zero-order valence-electron chi connectivity index (χ0n) is 14.0. The number of benzene rings is 1. The molecule has 0 aliphatic carbocycles. The molecule has 0 spiro atoms. The number of hydrogen-bond donors (Lipinski definition) is 2. The molecule has 118 valence electrons. The first-order valence-electron chi connectivity index (χ1n) is 7.44. The van der Waals surface area contributed by atoms with Gasteiger partial charge < -0.3 is 15.4 Å². The molecular weight excluding hydrogens is 264 g/mol.